The van der Waals surface area contributed by atoms with Gasteiger partial charge in [0.15, 0.2) is 17.4 Å². The Morgan fingerprint density at radius 3 is 1.53 bits per heavy atom. The highest BCUT2D eigenvalue weighted by atomic mass is 32.2. The fourth-order valence-corrected chi connectivity index (χ4v) is 4.08. The zero-order valence-corrected chi connectivity index (χ0v) is 18.2. The summed E-state index contributed by atoms with van der Waals surface area (Å²) < 4.78 is 0. The van der Waals surface area contributed by atoms with Crippen molar-refractivity contribution in [3.63, 3.8) is 0 Å². The van der Waals surface area contributed by atoms with E-state index < -0.39 is 0 Å². The van der Waals surface area contributed by atoms with Crippen LogP contribution in [0, 0.1) is 13.8 Å². The number of H-pyrrole nitrogens is 2. The lowest BCUT2D eigenvalue weighted by molar-refractivity contribution is -0.114. The molecule has 2 aromatic carbocycles. The van der Waals surface area contributed by atoms with E-state index in [0.717, 1.165) is 11.1 Å². The number of aryl methyl sites for hydroxylation is 2. The van der Waals surface area contributed by atoms with Crippen molar-refractivity contribution in [2.45, 2.75) is 24.2 Å². The SMILES string of the molecule is Cc1ccc(-c2nc(SCC(=O)CSc3n[nH]c(-c4ccc(C)cc4)n3)n[nH]2)cc1. The van der Waals surface area contributed by atoms with Crippen LogP contribution < -0.4 is 0 Å². The van der Waals surface area contributed by atoms with Gasteiger partial charge in [0.25, 0.3) is 0 Å². The molecule has 0 aliphatic heterocycles. The third kappa shape index (κ3) is 5.17. The van der Waals surface area contributed by atoms with E-state index in [1.165, 1.54) is 34.7 Å². The zero-order chi connectivity index (χ0) is 20.9. The Morgan fingerprint density at radius 1 is 0.733 bits per heavy atom. The topological polar surface area (TPSA) is 100 Å². The summed E-state index contributed by atoms with van der Waals surface area (Å²) in [5, 5.41) is 15.3. The first-order valence-corrected chi connectivity index (χ1v) is 11.3. The lowest BCUT2D eigenvalue weighted by Gasteiger charge is -1.97. The van der Waals surface area contributed by atoms with E-state index in [2.05, 4.69) is 30.4 Å². The van der Waals surface area contributed by atoms with Gasteiger partial charge in [-0.15, -0.1) is 10.2 Å². The smallest absolute Gasteiger partial charge is 0.209 e. The van der Waals surface area contributed by atoms with Crippen molar-refractivity contribution < 1.29 is 4.79 Å². The van der Waals surface area contributed by atoms with Crippen LogP contribution in [0.4, 0.5) is 0 Å². The summed E-state index contributed by atoms with van der Waals surface area (Å²) in [6.07, 6.45) is 0. The predicted molar refractivity (Wildman–Crippen MR) is 120 cm³/mol. The highest BCUT2D eigenvalue weighted by molar-refractivity contribution is 8.01. The summed E-state index contributed by atoms with van der Waals surface area (Å²) in [7, 11) is 0. The van der Waals surface area contributed by atoms with Gasteiger partial charge in [0.1, 0.15) is 0 Å². The van der Waals surface area contributed by atoms with E-state index in [4.69, 9.17) is 0 Å². The molecule has 4 rings (SSSR count). The fourth-order valence-electron chi connectivity index (χ4n) is 2.63. The number of rotatable bonds is 8. The molecule has 30 heavy (non-hydrogen) atoms. The summed E-state index contributed by atoms with van der Waals surface area (Å²) in [4.78, 5) is 21.1. The predicted octanol–water partition coefficient (Wildman–Crippen LogP) is 4.33. The molecule has 7 nitrogen and oxygen atoms in total. The summed E-state index contributed by atoms with van der Waals surface area (Å²) in [5.74, 6) is 2.07. The van der Waals surface area contributed by atoms with Crippen molar-refractivity contribution in [3.8, 4) is 22.8 Å². The van der Waals surface area contributed by atoms with Crippen molar-refractivity contribution in [1.82, 2.24) is 30.4 Å². The van der Waals surface area contributed by atoms with Crippen LogP contribution >= 0.6 is 23.5 Å². The van der Waals surface area contributed by atoms with Crippen LogP contribution in [0.2, 0.25) is 0 Å². The minimum Gasteiger partial charge on any atom is -0.298 e. The Hall–Kier alpha value is -2.91. The number of nitrogens with one attached hydrogen (secondary N) is 2. The first-order chi connectivity index (χ1) is 14.6. The Kier molecular flexibility index (Phi) is 6.29. The molecule has 9 heteroatoms. The summed E-state index contributed by atoms with van der Waals surface area (Å²) in [5.41, 5.74) is 4.31. The highest BCUT2D eigenvalue weighted by Gasteiger charge is 2.12. The molecule has 0 fully saturated rings. The van der Waals surface area contributed by atoms with Crippen LogP contribution in [0.1, 0.15) is 11.1 Å². The van der Waals surface area contributed by atoms with E-state index in [1.54, 1.807) is 0 Å². The molecule has 4 aromatic rings. The maximum absolute atomic E-state index is 12.2. The Bertz CT molecular complexity index is 1050. The average molecular weight is 437 g/mol. The number of aromatic nitrogens is 6. The zero-order valence-electron chi connectivity index (χ0n) is 16.5. The van der Waals surface area contributed by atoms with Crippen molar-refractivity contribution in [2.24, 2.45) is 0 Å². The Balaban J connectivity index is 1.27. The standard InChI is InChI=1S/C21H20N6OS2/c1-13-3-7-15(8-4-13)18-22-20(26-24-18)29-11-17(28)12-30-21-23-19(25-27-21)16-9-5-14(2)6-10-16/h3-10H,11-12H2,1-2H3,(H,22,24,26)(H,23,25,27). The molecule has 0 spiro atoms. The summed E-state index contributed by atoms with van der Waals surface area (Å²) in [6, 6.07) is 16.1. The second-order valence-electron chi connectivity index (χ2n) is 6.78. The van der Waals surface area contributed by atoms with Gasteiger partial charge in [-0.2, -0.15) is 0 Å². The van der Waals surface area contributed by atoms with Gasteiger partial charge in [0, 0.05) is 11.1 Å². The van der Waals surface area contributed by atoms with Gasteiger partial charge in [-0.3, -0.25) is 15.0 Å². The molecule has 0 unspecified atom stereocenters. The number of hydrogen-bond donors (Lipinski definition) is 2. The molecule has 0 aliphatic rings. The van der Waals surface area contributed by atoms with Gasteiger partial charge >= 0.3 is 0 Å². The molecule has 0 bridgehead atoms. The molecule has 0 radical (unpaired) electrons. The minimum absolute atomic E-state index is 0.0772. The van der Waals surface area contributed by atoms with E-state index in [9.17, 15) is 4.79 Å². The number of nitrogens with zero attached hydrogens (tertiary/aromatic N) is 4. The third-order valence-corrected chi connectivity index (χ3v) is 6.12. The molecule has 2 N–H and O–H groups in total. The molecular formula is C21H20N6OS2. The molecule has 2 heterocycles. The maximum Gasteiger partial charge on any atom is 0.209 e. The van der Waals surface area contributed by atoms with E-state index in [0.29, 0.717) is 33.5 Å². The van der Waals surface area contributed by atoms with Crippen LogP contribution in [-0.4, -0.2) is 47.7 Å². The molecule has 0 saturated heterocycles. The van der Waals surface area contributed by atoms with E-state index >= 15 is 0 Å². The van der Waals surface area contributed by atoms with Crippen molar-refractivity contribution in [1.29, 1.82) is 0 Å². The molecule has 0 saturated carbocycles. The number of carbonyl (C=O) groups excluding carboxylic acids is 1. The fraction of sp³-hybridized carbons (Fsp3) is 0.190. The van der Waals surface area contributed by atoms with E-state index in [-0.39, 0.29) is 5.78 Å². The Morgan fingerprint density at radius 2 is 1.13 bits per heavy atom. The lowest BCUT2D eigenvalue weighted by Crippen LogP contribution is -2.05. The largest absolute Gasteiger partial charge is 0.298 e. The van der Waals surface area contributed by atoms with Gasteiger partial charge in [-0.05, 0) is 13.8 Å². The molecule has 2 aromatic heterocycles. The second-order valence-corrected chi connectivity index (χ2v) is 8.67. The Labute approximate surface area is 182 Å². The lowest BCUT2D eigenvalue weighted by atomic mass is 10.1. The van der Waals surface area contributed by atoms with Crippen molar-refractivity contribution in [2.75, 3.05) is 11.5 Å². The van der Waals surface area contributed by atoms with Gasteiger partial charge < -0.3 is 0 Å². The van der Waals surface area contributed by atoms with Crippen LogP contribution in [0.5, 0.6) is 0 Å². The first kappa shape index (κ1) is 20.4. The average Bonchev–Trinajstić information content (AvgIpc) is 3.42. The molecular weight excluding hydrogens is 416 g/mol. The number of thioether (sulfide) groups is 2. The minimum atomic E-state index is 0.0772. The number of benzene rings is 2. The monoisotopic (exact) mass is 436 g/mol. The van der Waals surface area contributed by atoms with Gasteiger partial charge in [-0.1, -0.05) is 83.2 Å². The highest BCUT2D eigenvalue weighted by Crippen LogP contribution is 2.22. The normalized spacial score (nSPS) is 11.0. The van der Waals surface area contributed by atoms with Gasteiger partial charge in [0.05, 0.1) is 11.5 Å². The number of Topliss-reactive ketones (excluding diaryl/α,β-unsaturated/α-hetero) is 1. The summed E-state index contributed by atoms with van der Waals surface area (Å²) >= 11 is 2.64. The maximum atomic E-state index is 12.2. The molecule has 0 aliphatic carbocycles. The third-order valence-electron chi connectivity index (χ3n) is 4.30. The summed E-state index contributed by atoms with van der Waals surface area (Å²) in [6.45, 7) is 4.08. The van der Waals surface area contributed by atoms with Crippen LogP contribution in [0.3, 0.4) is 0 Å². The van der Waals surface area contributed by atoms with Gasteiger partial charge in [-0.25, -0.2) is 9.97 Å². The number of hydrogen-bond acceptors (Lipinski definition) is 7. The number of aromatic amines is 2. The first-order valence-electron chi connectivity index (χ1n) is 9.33. The number of ketones is 1. The molecule has 0 atom stereocenters. The quantitative estimate of drug-likeness (QED) is 0.397. The molecule has 0 amide bonds. The van der Waals surface area contributed by atoms with E-state index in [1.807, 2.05) is 62.4 Å². The number of carbonyl (C=O) groups is 1. The van der Waals surface area contributed by atoms with Crippen molar-refractivity contribution >= 4 is 29.3 Å². The van der Waals surface area contributed by atoms with Crippen molar-refractivity contribution in [3.05, 3.63) is 59.7 Å². The van der Waals surface area contributed by atoms with Crippen LogP contribution in [0.15, 0.2) is 58.8 Å². The molecule has 152 valence electrons. The van der Waals surface area contributed by atoms with Crippen LogP contribution in [-0.2, 0) is 4.79 Å². The van der Waals surface area contributed by atoms with Gasteiger partial charge in [0.2, 0.25) is 10.3 Å². The second kappa shape index (κ2) is 9.27. The van der Waals surface area contributed by atoms with Crippen LogP contribution in [0.25, 0.3) is 22.8 Å².